The quantitative estimate of drug-likeness (QED) is 0.921. The van der Waals surface area contributed by atoms with E-state index in [1.165, 1.54) is 0 Å². The van der Waals surface area contributed by atoms with Crippen LogP contribution in [-0.2, 0) is 6.54 Å². The number of hydrogen-bond donors (Lipinski definition) is 1. The number of hydrogen-bond acceptors (Lipinski definition) is 4. The molecule has 20 heavy (non-hydrogen) atoms. The van der Waals surface area contributed by atoms with E-state index in [2.05, 4.69) is 34.2 Å². The van der Waals surface area contributed by atoms with Crippen molar-refractivity contribution in [1.82, 2.24) is 25.1 Å². The zero-order valence-corrected chi connectivity index (χ0v) is 13.1. The average Bonchev–Trinajstić information content (AvgIpc) is 2.66. The minimum absolute atomic E-state index is 0.612. The third kappa shape index (κ3) is 3.35. The van der Waals surface area contributed by atoms with Crippen molar-refractivity contribution in [3.63, 3.8) is 0 Å². The summed E-state index contributed by atoms with van der Waals surface area (Å²) < 4.78 is 1.73. The fraction of sp³-hybridized carbons (Fsp3) is 0.500. The van der Waals surface area contributed by atoms with Gasteiger partial charge in [0.05, 0.1) is 28.3 Å². The SMILES string of the molecule is Cc1nn(-c2cncc(CNCC(C)C)n2)c(C)c1Cl. The van der Waals surface area contributed by atoms with Gasteiger partial charge in [-0.05, 0) is 26.3 Å². The maximum Gasteiger partial charge on any atom is 0.172 e. The summed E-state index contributed by atoms with van der Waals surface area (Å²) in [6.07, 6.45) is 3.46. The zero-order valence-electron chi connectivity index (χ0n) is 12.3. The highest BCUT2D eigenvalue weighted by atomic mass is 35.5. The first-order valence-corrected chi connectivity index (χ1v) is 7.10. The van der Waals surface area contributed by atoms with Crippen molar-refractivity contribution >= 4 is 11.6 Å². The van der Waals surface area contributed by atoms with Crippen molar-refractivity contribution in [3.8, 4) is 5.82 Å². The van der Waals surface area contributed by atoms with Crippen LogP contribution in [0.25, 0.3) is 5.82 Å². The Labute approximate surface area is 124 Å². The van der Waals surface area contributed by atoms with Gasteiger partial charge in [0.15, 0.2) is 5.82 Å². The monoisotopic (exact) mass is 293 g/mol. The predicted octanol–water partition coefficient (Wildman–Crippen LogP) is 2.68. The predicted molar refractivity (Wildman–Crippen MR) is 80.2 cm³/mol. The zero-order chi connectivity index (χ0) is 14.7. The molecule has 6 heteroatoms. The molecule has 5 nitrogen and oxygen atoms in total. The van der Waals surface area contributed by atoms with Crippen LogP contribution < -0.4 is 5.32 Å². The Hall–Kier alpha value is -1.46. The lowest BCUT2D eigenvalue weighted by molar-refractivity contribution is 0.547. The van der Waals surface area contributed by atoms with Crippen molar-refractivity contribution in [1.29, 1.82) is 0 Å². The van der Waals surface area contributed by atoms with E-state index in [1.807, 2.05) is 13.8 Å². The molecule has 0 aliphatic rings. The summed E-state index contributed by atoms with van der Waals surface area (Å²) in [6, 6.07) is 0. The van der Waals surface area contributed by atoms with Gasteiger partial charge in [0.1, 0.15) is 0 Å². The molecule has 0 saturated heterocycles. The Bertz CT molecular complexity index is 591. The Morgan fingerprint density at radius 1 is 1.30 bits per heavy atom. The molecule has 2 rings (SSSR count). The summed E-state index contributed by atoms with van der Waals surface area (Å²) >= 11 is 6.16. The number of halogens is 1. The number of rotatable bonds is 5. The molecule has 0 radical (unpaired) electrons. The Morgan fingerprint density at radius 2 is 2.05 bits per heavy atom. The molecule has 2 heterocycles. The molecular weight excluding hydrogens is 274 g/mol. The lowest BCUT2D eigenvalue weighted by Gasteiger charge is -2.08. The van der Waals surface area contributed by atoms with Gasteiger partial charge in [-0.15, -0.1) is 0 Å². The molecular formula is C14H20ClN5. The molecule has 0 amide bonds. The van der Waals surface area contributed by atoms with E-state index in [9.17, 15) is 0 Å². The van der Waals surface area contributed by atoms with Crippen LogP contribution in [0.2, 0.25) is 5.02 Å². The number of nitrogens with zero attached hydrogens (tertiary/aromatic N) is 4. The molecule has 0 fully saturated rings. The number of aromatic nitrogens is 4. The van der Waals surface area contributed by atoms with E-state index in [1.54, 1.807) is 17.1 Å². The molecule has 1 N–H and O–H groups in total. The topological polar surface area (TPSA) is 55.6 Å². The molecule has 0 atom stereocenters. The normalized spacial score (nSPS) is 11.3. The second-order valence-electron chi connectivity index (χ2n) is 5.29. The standard InChI is InChI=1S/C14H20ClN5/c1-9(2)5-16-6-12-7-17-8-13(18-12)20-11(4)14(15)10(3)19-20/h7-9,16H,5-6H2,1-4H3. The summed E-state index contributed by atoms with van der Waals surface area (Å²) in [5, 5.41) is 8.42. The van der Waals surface area contributed by atoms with Crippen molar-refractivity contribution < 1.29 is 0 Å². The van der Waals surface area contributed by atoms with Gasteiger partial charge in [-0.2, -0.15) is 5.10 Å². The van der Waals surface area contributed by atoms with Crippen LogP contribution in [0.1, 0.15) is 30.9 Å². The minimum atomic E-state index is 0.612. The number of nitrogens with one attached hydrogen (secondary N) is 1. The highest BCUT2D eigenvalue weighted by molar-refractivity contribution is 6.31. The largest absolute Gasteiger partial charge is 0.311 e. The highest BCUT2D eigenvalue weighted by Crippen LogP contribution is 2.21. The van der Waals surface area contributed by atoms with Crippen molar-refractivity contribution in [2.45, 2.75) is 34.2 Å². The van der Waals surface area contributed by atoms with E-state index in [4.69, 9.17) is 11.6 Å². The van der Waals surface area contributed by atoms with E-state index in [-0.39, 0.29) is 0 Å². The molecule has 0 saturated carbocycles. The molecule has 0 spiro atoms. The van der Waals surface area contributed by atoms with Gasteiger partial charge < -0.3 is 5.32 Å². The van der Waals surface area contributed by atoms with Crippen LogP contribution in [0.5, 0.6) is 0 Å². The Balaban J connectivity index is 2.19. The van der Waals surface area contributed by atoms with Crippen molar-refractivity contribution in [2.24, 2.45) is 5.92 Å². The first-order chi connectivity index (χ1) is 9.49. The minimum Gasteiger partial charge on any atom is -0.311 e. The Morgan fingerprint density at radius 3 is 2.65 bits per heavy atom. The van der Waals surface area contributed by atoms with Crippen LogP contribution in [0.4, 0.5) is 0 Å². The molecule has 0 unspecified atom stereocenters. The maximum absolute atomic E-state index is 6.16. The molecule has 2 aromatic rings. The summed E-state index contributed by atoms with van der Waals surface area (Å²) in [7, 11) is 0. The van der Waals surface area contributed by atoms with Crippen LogP contribution >= 0.6 is 11.6 Å². The van der Waals surface area contributed by atoms with Crippen LogP contribution in [0.3, 0.4) is 0 Å². The second-order valence-corrected chi connectivity index (χ2v) is 5.67. The highest BCUT2D eigenvalue weighted by Gasteiger charge is 2.12. The van der Waals surface area contributed by atoms with Gasteiger partial charge in [0.25, 0.3) is 0 Å². The molecule has 0 bridgehead atoms. The van der Waals surface area contributed by atoms with E-state index >= 15 is 0 Å². The van der Waals surface area contributed by atoms with E-state index in [0.29, 0.717) is 23.3 Å². The summed E-state index contributed by atoms with van der Waals surface area (Å²) in [5.41, 5.74) is 2.58. The number of aryl methyl sites for hydroxylation is 1. The third-order valence-corrected chi connectivity index (χ3v) is 3.50. The summed E-state index contributed by atoms with van der Waals surface area (Å²) in [5.74, 6) is 1.31. The fourth-order valence-corrected chi connectivity index (χ4v) is 2.04. The molecule has 0 aliphatic carbocycles. The summed E-state index contributed by atoms with van der Waals surface area (Å²) in [4.78, 5) is 8.80. The Kier molecular flexibility index (Phi) is 4.73. The van der Waals surface area contributed by atoms with E-state index in [0.717, 1.165) is 23.6 Å². The summed E-state index contributed by atoms with van der Waals surface area (Å²) in [6.45, 7) is 9.81. The molecule has 2 aromatic heterocycles. The van der Waals surface area contributed by atoms with Crippen LogP contribution in [-0.4, -0.2) is 26.3 Å². The molecule has 108 valence electrons. The van der Waals surface area contributed by atoms with Gasteiger partial charge in [-0.1, -0.05) is 25.4 Å². The van der Waals surface area contributed by atoms with Gasteiger partial charge in [0.2, 0.25) is 0 Å². The average molecular weight is 294 g/mol. The van der Waals surface area contributed by atoms with Crippen molar-refractivity contribution in [2.75, 3.05) is 6.54 Å². The maximum atomic E-state index is 6.16. The fourth-order valence-electron chi connectivity index (χ4n) is 1.92. The molecule has 0 aliphatic heterocycles. The van der Waals surface area contributed by atoms with Gasteiger partial charge in [-0.25, -0.2) is 9.67 Å². The van der Waals surface area contributed by atoms with Gasteiger partial charge in [0, 0.05) is 12.7 Å². The smallest absolute Gasteiger partial charge is 0.172 e. The van der Waals surface area contributed by atoms with E-state index < -0.39 is 0 Å². The van der Waals surface area contributed by atoms with Gasteiger partial charge in [-0.3, -0.25) is 4.98 Å². The molecule has 0 aromatic carbocycles. The first-order valence-electron chi connectivity index (χ1n) is 6.72. The van der Waals surface area contributed by atoms with Crippen LogP contribution in [0, 0.1) is 19.8 Å². The van der Waals surface area contributed by atoms with Gasteiger partial charge >= 0.3 is 0 Å². The lowest BCUT2D eigenvalue weighted by Crippen LogP contribution is -2.20. The first kappa shape index (κ1) is 14.9. The second kappa shape index (κ2) is 6.33. The lowest BCUT2D eigenvalue weighted by atomic mass is 10.2. The third-order valence-electron chi connectivity index (χ3n) is 2.95. The van der Waals surface area contributed by atoms with Crippen molar-refractivity contribution in [3.05, 3.63) is 34.5 Å². The van der Waals surface area contributed by atoms with Crippen LogP contribution in [0.15, 0.2) is 12.4 Å².